The standard InChI is InChI=1S/C24H30N2O6S/c1-3-18(2)23(19-7-5-4-6-8-19)24(28)32-17-22(27)25-20-9-11-21(12-10-20)33(29,30)26-13-15-31-16-14-26/h4-12,18,23H,3,13-17H2,1-2H3,(H,25,27). The van der Waals surface area contributed by atoms with E-state index in [1.165, 1.54) is 28.6 Å². The molecule has 2 aromatic carbocycles. The molecule has 0 aromatic heterocycles. The van der Waals surface area contributed by atoms with Gasteiger partial charge in [0.05, 0.1) is 24.0 Å². The zero-order chi connectivity index (χ0) is 23.8. The van der Waals surface area contributed by atoms with Crippen LogP contribution in [0.2, 0.25) is 0 Å². The monoisotopic (exact) mass is 474 g/mol. The molecule has 9 heteroatoms. The molecule has 0 saturated carbocycles. The van der Waals surface area contributed by atoms with Crippen molar-refractivity contribution < 1.29 is 27.5 Å². The first-order chi connectivity index (χ1) is 15.8. The van der Waals surface area contributed by atoms with Gasteiger partial charge in [-0.05, 0) is 35.7 Å². The highest BCUT2D eigenvalue weighted by molar-refractivity contribution is 7.89. The van der Waals surface area contributed by atoms with Crippen LogP contribution in [0.5, 0.6) is 0 Å². The number of sulfonamides is 1. The van der Waals surface area contributed by atoms with Gasteiger partial charge in [-0.25, -0.2) is 8.42 Å². The number of anilines is 1. The molecular weight excluding hydrogens is 444 g/mol. The molecule has 2 unspecified atom stereocenters. The Balaban J connectivity index is 1.57. The van der Waals surface area contributed by atoms with E-state index in [2.05, 4.69) is 5.32 Å². The number of hydrogen-bond donors (Lipinski definition) is 1. The third-order valence-electron chi connectivity index (χ3n) is 5.72. The first kappa shape index (κ1) is 24.9. The van der Waals surface area contributed by atoms with Crippen LogP contribution in [0.25, 0.3) is 0 Å². The second-order valence-electron chi connectivity index (χ2n) is 7.97. The van der Waals surface area contributed by atoms with Gasteiger partial charge in [0.1, 0.15) is 0 Å². The van der Waals surface area contributed by atoms with Gasteiger partial charge < -0.3 is 14.8 Å². The normalized spacial score (nSPS) is 16.5. The number of carbonyl (C=O) groups excluding carboxylic acids is 2. The number of carbonyl (C=O) groups is 2. The number of amides is 1. The third kappa shape index (κ3) is 6.40. The van der Waals surface area contributed by atoms with Crippen LogP contribution in [0.3, 0.4) is 0 Å². The lowest BCUT2D eigenvalue weighted by molar-refractivity contribution is -0.150. The van der Waals surface area contributed by atoms with Gasteiger partial charge in [-0.3, -0.25) is 9.59 Å². The number of esters is 1. The molecule has 178 valence electrons. The Morgan fingerprint density at radius 3 is 2.30 bits per heavy atom. The van der Waals surface area contributed by atoms with Crippen molar-refractivity contribution in [1.29, 1.82) is 0 Å². The fraction of sp³-hybridized carbons (Fsp3) is 0.417. The first-order valence-electron chi connectivity index (χ1n) is 11.0. The predicted octanol–water partition coefficient (Wildman–Crippen LogP) is 3.02. The number of benzene rings is 2. The number of nitrogens with one attached hydrogen (secondary N) is 1. The van der Waals surface area contributed by atoms with Crippen LogP contribution in [0.1, 0.15) is 31.7 Å². The summed E-state index contributed by atoms with van der Waals surface area (Å²) in [6.07, 6.45) is 0.792. The van der Waals surface area contributed by atoms with E-state index in [0.717, 1.165) is 12.0 Å². The Bertz CT molecular complexity index is 1030. The summed E-state index contributed by atoms with van der Waals surface area (Å²) in [6.45, 7) is 4.92. The van der Waals surface area contributed by atoms with Crippen molar-refractivity contribution in [2.45, 2.75) is 31.1 Å². The molecule has 2 aromatic rings. The van der Waals surface area contributed by atoms with Crippen molar-refractivity contribution in [3.8, 4) is 0 Å². The molecule has 0 aliphatic carbocycles. The number of ether oxygens (including phenoxy) is 2. The van der Waals surface area contributed by atoms with Crippen LogP contribution >= 0.6 is 0 Å². The zero-order valence-corrected chi connectivity index (χ0v) is 19.7. The molecule has 1 saturated heterocycles. The van der Waals surface area contributed by atoms with Gasteiger partial charge in [0.2, 0.25) is 10.0 Å². The van der Waals surface area contributed by atoms with E-state index >= 15 is 0 Å². The van der Waals surface area contributed by atoms with E-state index in [4.69, 9.17) is 9.47 Å². The topological polar surface area (TPSA) is 102 Å². The molecule has 0 spiro atoms. The Kier molecular flexibility index (Phi) is 8.60. The predicted molar refractivity (Wildman–Crippen MR) is 124 cm³/mol. The summed E-state index contributed by atoms with van der Waals surface area (Å²) in [5, 5.41) is 2.63. The SMILES string of the molecule is CCC(C)C(C(=O)OCC(=O)Nc1ccc(S(=O)(=O)N2CCOCC2)cc1)c1ccccc1. The molecule has 1 aliphatic heterocycles. The highest BCUT2D eigenvalue weighted by Crippen LogP contribution is 2.28. The average molecular weight is 475 g/mol. The fourth-order valence-corrected chi connectivity index (χ4v) is 5.07. The lowest BCUT2D eigenvalue weighted by Gasteiger charge is -2.26. The Labute approximate surface area is 194 Å². The first-order valence-corrected chi connectivity index (χ1v) is 12.5. The van der Waals surface area contributed by atoms with Crippen LogP contribution in [0.15, 0.2) is 59.5 Å². The van der Waals surface area contributed by atoms with E-state index in [0.29, 0.717) is 32.0 Å². The smallest absolute Gasteiger partial charge is 0.314 e. The minimum absolute atomic E-state index is 0.0592. The molecule has 33 heavy (non-hydrogen) atoms. The van der Waals surface area contributed by atoms with Gasteiger partial charge >= 0.3 is 5.97 Å². The van der Waals surface area contributed by atoms with Crippen LogP contribution in [-0.2, 0) is 29.1 Å². The van der Waals surface area contributed by atoms with E-state index < -0.39 is 34.4 Å². The summed E-state index contributed by atoms with van der Waals surface area (Å²) < 4.78 is 37.3. The maximum atomic E-state index is 12.7. The Morgan fingerprint density at radius 2 is 1.70 bits per heavy atom. The minimum Gasteiger partial charge on any atom is -0.455 e. The van der Waals surface area contributed by atoms with Crippen LogP contribution < -0.4 is 5.32 Å². The summed E-state index contributed by atoms with van der Waals surface area (Å²) >= 11 is 0. The maximum Gasteiger partial charge on any atom is 0.314 e. The number of hydrogen-bond acceptors (Lipinski definition) is 6. The van der Waals surface area contributed by atoms with Crippen molar-refractivity contribution in [1.82, 2.24) is 4.31 Å². The van der Waals surface area contributed by atoms with E-state index in [1.807, 2.05) is 44.2 Å². The van der Waals surface area contributed by atoms with Gasteiger partial charge in [-0.1, -0.05) is 50.6 Å². The summed E-state index contributed by atoms with van der Waals surface area (Å²) in [5.41, 5.74) is 1.27. The fourth-order valence-electron chi connectivity index (χ4n) is 3.66. The Morgan fingerprint density at radius 1 is 1.06 bits per heavy atom. The molecule has 0 radical (unpaired) electrons. The molecule has 1 N–H and O–H groups in total. The molecule has 0 bridgehead atoms. The van der Waals surface area contributed by atoms with Crippen molar-refractivity contribution in [2.24, 2.45) is 5.92 Å². The third-order valence-corrected chi connectivity index (χ3v) is 7.63. The van der Waals surface area contributed by atoms with Gasteiger partial charge in [-0.15, -0.1) is 0 Å². The zero-order valence-electron chi connectivity index (χ0n) is 18.9. The molecule has 1 heterocycles. The number of morpholine rings is 1. The number of rotatable bonds is 9. The molecule has 3 rings (SSSR count). The highest BCUT2D eigenvalue weighted by atomic mass is 32.2. The number of nitrogens with zero attached hydrogens (tertiary/aromatic N) is 1. The lowest BCUT2D eigenvalue weighted by atomic mass is 9.86. The van der Waals surface area contributed by atoms with Crippen LogP contribution in [0.4, 0.5) is 5.69 Å². The van der Waals surface area contributed by atoms with Crippen LogP contribution in [-0.4, -0.2) is 57.5 Å². The Hall–Kier alpha value is -2.75. The van der Waals surface area contributed by atoms with Crippen molar-refractivity contribution in [3.63, 3.8) is 0 Å². The van der Waals surface area contributed by atoms with Crippen molar-refractivity contribution >= 4 is 27.6 Å². The second kappa shape index (κ2) is 11.4. The van der Waals surface area contributed by atoms with E-state index in [-0.39, 0.29) is 10.8 Å². The summed E-state index contributed by atoms with van der Waals surface area (Å²) in [4.78, 5) is 25.2. The summed E-state index contributed by atoms with van der Waals surface area (Å²) in [6, 6.07) is 15.3. The van der Waals surface area contributed by atoms with Crippen LogP contribution in [0, 0.1) is 5.92 Å². The summed E-state index contributed by atoms with van der Waals surface area (Å²) in [7, 11) is -3.60. The molecular formula is C24H30N2O6S. The van der Waals surface area contributed by atoms with Gasteiger partial charge in [0, 0.05) is 18.8 Å². The largest absolute Gasteiger partial charge is 0.455 e. The quantitative estimate of drug-likeness (QED) is 0.561. The second-order valence-corrected chi connectivity index (χ2v) is 9.91. The lowest BCUT2D eigenvalue weighted by Crippen LogP contribution is -2.40. The van der Waals surface area contributed by atoms with Gasteiger partial charge in [-0.2, -0.15) is 4.31 Å². The van der Waals surface area contributed by atoms with Crippen molar-refractivity contribution in [3.05, 3.63) is 60.2 Å². The van der Waals surface area contributed by atoms with Gasteiger partial charge in [0.25, 0.3) is 5.91 Å². The molecule has 2 atom stereocenters. The molecule has 8 nitrogen and oxygen atoms in total. The molecule has 1 aliphatic rings. The van der Waals surface area contributed by atoms with E-state index in [1.54, 1.807) is 0 Å². The minimum atomic E-state index is -3.60. The van der Waals surface area contributed by atoms with Crippen molar-refractivity contribution in [2.75, 3.05) is 38.2 Å². The van der Waals surface area contributed by atoms with Gasteiger partial charge in [0.15, 0.2) is 6.61 Å². The molecule has 1 amide bonds. The summed E-state index contributed by atoms with van der Waals surface area (Å²) in [5.74, 6) is -1.33. The van der Waals surface area contributed by atoms with E-state index in [9.17, 15) is 18.0 Å². The highest BCUT2D eigenvalue weighted by Gasteiger charge is 2.28. The maximum absolute atomic E-state index is 12.7. The average Bonchev–Trinajstić information content (AvgIpc) is 2.84. The molecule has 1 fully saturated rings.